The molecule has 8 bridgehead atoms. The smallest absolute Gasteiger partial charge is 0.335 e. The molecule has 6 aromatic heterocycles. The standard InChI is InChI=1S/C54H31N11O3S3/c66-54(67)29-10-12-30(13-11-29)68-31-14-18-35-39(25-31)50-58-46(35)60-51-41-27-33(70-44-8-2-5-23-56-44)16-20-37(41)48(62-51)64-53-42-28-34(71-45-9-3-6-24-57-45)17-21-38(42)49(65-53)63-52-40-26-32(69-43-7-1-4-22-55-43)15-19-36(40)47(59-50)61-52/h1-28H,(H,66,67)(H2,58,59,60,61,62,63,64,65). The summed E-state index contributed by atoms with van der Waals surface area (Å²) in [6, 6.07) is 47.9. The first-order valence-electron chi connectivity index (χ1n) is 22.1. The number of ether oxygens (including phenoxy) is 1. The second-order valence-corrected chi connectivity index (χ2v) is 19.5. The third kappa shape index (κ3) is 8.26. The maximum Gasteiger partial charge on any atom is 0.335 e. The zero-order valence-corrected chi connectivity index (χ0v) is 39.1. The van der Waals surface area contributed by atoms with Crippen LogP contribution in [0, 0.1) is 0 Å². The number of nitrogens with zero attached hydrogens (tertiary/aromatic N) is 9. The van der Waals surface area contributed by atoms with E-state index in [0.29, 0.717) is 62.8 Å². The zero-order valence-electron chi connectivity index (χ0n) is 36.7. The summed E-state index contributed by atoms with van der Waals surface area (Å²) < 4.78 is 6.29. The van der Waals surface area contributed by atoms with Gasteiger partial charge in [0, 0.05) is 77.1 Å². The van der Waals surface area contributed by atoms with Crippen LogP contribution in [0.2, 0.25) is 0 Å². The Bertz CT molecular complexity index is 4060. The molecule has 17 heteroatoms. The van der Waals surface area contributed by atoms with E-state index >= 15 is 0 Å². The van der Waals surface area contributed by atoms with Crippen LogP contribution in [0.5, 0.6) is 11.5 Å². The highest BCUT2D eigenvalue weighted by Crippen LogP contribution is 2.42. The van der Waals surface area contributed by atoms with Gasteiger partial charge in [0.2, 0.25) is 0 Å². The van der Waals surface area contributed by atoms with Gasteiger partial charge in [-0.1, -0.05) is 53.5 Å². The molecule has 0 saturated carbocycles. The summed E-state index contributed by atoms with van der Waals surface area (Å²) in [7, 11) is 0. The molecule has 11 aromatic rings. The van der Waals surface area contributed by atoms with Gasteiger partial charge in [0.1, 0.15) is 49.2 Å². The lowest BCUT2D eigenvalue weighted by atomic mass is 10.1. The number of nitrogens with one attached hydrogen (secondary N) is 2. The van der Waals surface area contributed by atoms with Crippen molar-refractivity contribution in [2.75, 3.05) is 0 Å². The molecule has 5 aromatic carbocycles. The summed E-state index contributed by atoms with van der Waals surface area (Å²) in [4.78, 5) is 66.7. The van der Waals surface area contributed by atoms with E-state index in [1.807, 2.05) is 103 Å². The van der Waals surface area contributed by atoms with Crippen molar-refractivity contribution >= 4 is 85.4 Å². The zero-order chi connectivity index (χ0) is 47.4. The molecule has 0 radical (unpaired) electrons. The number of benzene rings is 5. The summed E-state index contributed by atoms with van der Waals surface area (Å²) in [5.41, 5.74) is 5.45. The first-order valence-corrected chi connectivity index (χ1v) is 24.5. The highest BCUT2D eigenvalue weighted by Gasteiger charge is 2.24. The minimum absolute atomic E-state index is 0.158. The molecule has 2 aliphatic rings. The Kier molecular flexibility index (Phi) is 10.5. The number of H-pyrrole nitrogens is 2. The van der Waals surface area contributed by atoms with Crippen LogP contribution in [0.4, 0.5) is 0 Å². The molecule has 338 valence electrons. The summed E-state index contributed by atoms with van der Waals surface area (Å²) in [6.07, 6.45) is 5.34. The van der Waals surface area contributed by atoms with Gasteiger partial charge >= 0.3 is 5.97 Å². The van der Waals surface area contributed by atoms with Crippen LogP contribution in [-0.2, 0) is 0 Å². The normalized spacial score (nSPS) is 11.7. The Labute approximate surface area is 415 Å². The number of fused-ring (bicyclic) bond motifs is 20. The molecular weight excluding hydrogens is 947 g/mol. The van der Waals surface area contributed by atoms with Gasteiger partial charge in [0.15, 0.2) is 23.3 Å². The number of hydrogen-bond donors (Lipinski definition) is 3. The number of hydrogen-bond acceptors (Lipinski definition) is 14. The number of pyridine rings is 3. The number of rotatable bonds is 9. The third-order valence-corrected chi connectivity index (χ3v) is 14.5. The van der Waals surface area contributed by atoms with E-state index in [9.17, 15) is 9.90 Å². The second kappa shape index (κ2) is 17.6. The van der Waals surface area contributed by atoms with E-state index in [1.165, 1.54) is 12.1 Å². The molecular formula is C54H31N11O3S3. The molecule has 3 N–H and O–H groups in total. The SMILES string of the molecule is O=C(O)c1ccc(Oc2ccc3c4nc5nc(nc6[nH]c(nc7nc(nc([nH]4)c3c2)-c2ccc(Sc3ccccn3)cc2-7)c2ccc(Sc3ccccn3)cc62)-c2ccc(Sc3ccccn3)cc2-5)cc1. The summed E-state index contributed by atoms with van der Waals surface area (Å²) in [6.45, 7) is 0. The number of aromatic carboxylic acids is 1. The molecule has 0 saturated heterocycles. The fraction of sp³-hybridized carbons (Fsp3) is 0. The topological polar surface area (TPSA) is 194 Å². The van der Waals surface area contributed by atoms with Crippen molar-refractivity contribution in [2.45, 2.75) is 29.8 Å². The van der Waals surface area contributed by atoms with Crippen molar-refractivity contribution in [2.24, 2.45) is 0 Å². The van der Waals surface area contributed by atoms with E-state index in [2.05, 4.69) is 49.2 Å². The number of aromatic nitrogens is 11. The minimum Gasteiger partial charge on any atom is -0.478 e. The predicted molar refractivity (Wildman–Crippen MR) is 275 cm³/mol. The molecule has 2 aliphatic heterocycles. The number of carboxylic acids is 1. The van der Waals surface area contributed by atoms with Gasteiger partial charge in [-0.3, -0.25) is 0 Å². The number of aromatic amines is 2. The molecule has 8 heterocycles. The van der Waals surface area contributed by atoms with Crippen LogP contribution in [0.1, 0.15) is 10.4 Å². The Morgan fingerprint density at radius 2 is 0.831 bits per heavy atom. The maximum absolute atomic E-state index is 11.6. The van der Waals surface area contributed by atoms with Gasteiger partial charge in [-0.25, -0.2) is 49.7 Å². The molecule has 0 aliphatic carbocycles. The van der Waals surface area contributed by atoms with E-state index in [4.69, 9.17) is 34.6 Å². The monoisotopic (exact) mass is 977 g/mol. The van der Waals surface area contributed by atoms with Gasteiger partial charge in [-0.05, 0) is 133 Å². The van der Waals surface area contributed by atoms with Crippen LogP contribution in [-0.4, -0.2) is 65.9 Å². The minimum atomic E-state index is -1.02. The lowest BCUT2D eigenvalue weighted by Gasteiger charge is -2.06. The maximum atomic E-state index is 11.6. The van der Waals surface area contributed by atoms with Crippen LogP contribution in [0.25, 0.3) is 89.7 Å². The number of carbonyl (C=O) groups is 1. The van der Waals surface area contributed by atoms with E-state index in [1.54, 1.807) is 66.0 Å². The van der Waals surface area contributed by atoms with E-state index < -0.39 is 5.97 Å². The van der Waals surface area contributed by atoms with E-state index in [0.717, 1.165) is 68.2 Å². The van der Waals surface area contributed by atoms with Gasteiger partial charge in [-0.15, -0.1) is 0 Å². The molecule has 0 amide bonds. The van der Waals surface area contributed by atoms with Crippen LogP contribution < -0.4 is 4.74 Å². The van der Waals surface area contributed by atoms with Crippen LogP contribution in [0.15, 0.2) is 200 Å². The molecule has 0 fully saturated rings. The average molecular weight is 978 g/mol. The molecule has 14 nitrogen and oxygen atoms in total. The number of carboxylic acid groups (broad SMARTS) is 1. The van der Waals surface area contributed by atoms with Gasteiger partial charge in [0.25, 0.3) is 0 Å². The largest absolute Gasteiger partial charge is 0.478 e. The first-order chi connectivity index (χ1) is 34.9. The van der Waals surface area contributed by atoms with Crippen LogP contribution >= 0.6 is 35.3 Å². The Morgan fingerprint density at radius 3 is 1.31 bits per heavy atom. The van der Waals surface area contributed by atoms with Crippen molar-refractivity contribution in [3.05, 3.63) is 176 Å². The third-order valence-electron chi connectivity index (χ3n) is 11.6. The Balaban J connectivity index is 1.07. The van der Waals surface area contributed by atoms with Gasteiger partial charge in [0.05, 0.1) is 5.56 Å². The molecule has 0 spiro atoms. The molecule has 71 heavy (non-hydrogen) atoms. The Hall–Kier alpha value is -8.77. The lowest BCUT2D eigenvalue weighted by Crippen LogP contribution is -1.95. The summed E-state index contributed by atoms with van der Waals surface area (Å²) in [5.74, 6) is 1.78. The van der Waals surface area contributed by atoms with Gasteiger partial charge in [-0.2, -0.15) is 0 Å². The fourth-order valence-electron chi connectivity index (χ4n) is 8.35. The highest BCUT2D eigenvalue weighted by molar-refractivity contribution is 7.99. The highest BCUT2D eigenvalue weighted by atomic mass is 32.2. The Morgan fingerprint density at radius 1 is 0.408 bits per heavy atom. The van der Waals surface area contributed by atoms with Crippen molar-refractivity contribution in [3.63, 3.8) is 0 Å². The molecule has 0 unspecified atom stereocenters. The van der Waals surface area contributed by atoms with Crippen molar-refractivity contribution < 1.29 is 14.6 Å². The lowest BCUT2D eigenvalue weighted by molar-refractivity contribution is 0.0697. The quantitative estimate of drug-likeness (QED) is 0.124. The van der Waals surface area contributed by atoms with Crippen LogP contribution in [0.3, 0.4) is 0 Å². The first kappa shape index (κ1) is 42.3. The summed E-state index contributed by atoms with van der Waals surface area (Å²) >= 11 is 4.65. The van der Waals surface area contributed by atoms with Gasteiger partial charge < -0.3 is 19.8 Å². The second-order valence-electron chi connectivity index (χ2n) is 16.2. The van der Waals surface area contributed by atoms with Crippen molar-refractivity contribution in [1.82, 2.24) is 54.8 Å². The van der Waals surface area contributed by atoms with Crippen molar-refractivity contribution in [3.8, 4) is 57.1 Å². The predicted octanol–water partition coefficient (Wildman–Crippen LogP) is 13.0. The average Bonchev–Trinajstić information content (AvgIpc) is 4.12. The van der Waals surface area contributed by atoms with E-state index in [-0.39, 0.29) is 5.56 Å². The molecule has 0 atom stereocenters. The van der Waals surface area contributed by atoms with Crippen molar-refractivity contribution in [1.29, 1.82) is 0 Å². The molecule has 13 rings (SSSR count). The fourth-order valence-corrected chi connectivity index (χ4v) is 10.8. The summed E-state index contributed by atoms with van der Waals surface area (Å²) in [5, 5.41) is 15.2.